The lowest BCUT2D eigenvalue weighted by Crippen LogP contribution is -2.28. The fourth-order valence-electron chi connectivity index (χ4n) is 4.13. The van der Waals surface area contributed by atoms with Gasteiger partial charge in [-0.2, -0.15) is 0 Å². The molecule has 2 N–H and O–H groups in total. The number of hydrogen-bond donors (Lipinski definition) is 2. The van der Waals surface area contributed by atoms with Crippen molar-refractivity contribution in [3.8, 4) is 5.75 Å². The van der Waals surface area contributed by atoms with Crippen molar-refractivity contribution in [1.29, 1.82) is 0 Å². The molecule has 2 aromatic rings. The van der Waals surface area contributed by atoms with Gasteiger partial charge in [0.15, 0.2) is 0 Å². The van der Waals surface area contributed by atoms with Crippen molar-refractivity contribution >= 4 is 11.8 Å². The molecule has 0 amide bonds. The molecule has 0 bridgehead atoms. The second kappa shape index (κ2) is 12.8. The highest BCUT2D eigenvalue weighted by Gasteiger charge is 2.24. The topological polar surface area (TPSA) is 83.8 Å². The molecule has 0 spiro atoms. The Bertz CT molecular complexity index is 958. The summed E-state index contributed by atoms with van der Waals surface area (Å²) in [6, 6.07) is 7.66. The summed E-state index contributed by atoms with van der Waals surface area (Å²) in [5, 5.41) is 18.6. The molecule has 5 nitrogen and oxygen atoms in total. The summed E-state index contributed by atoms with van der Waals surface area (Å²) < 4.78 is 5.40. The van der Waals surface area contributed by atoms with Gasteiger partial charge in [-0.25, -0.2) is 4.79 Å². The molecule has 0 saturated heterocycles. The van der Waals surface area contributed by atoms with Crippen LogP contribution in [0.5, 0.6) is 5.75 Å². The summed E-state index contributed by atoms with van der Waals surface area (Å²) in [4.78, 5) is 24.8. The first kappa shape index (κ1) is 29.5. The van der Waals surface area contributed by atoms with E-state index in [4.69, 9.17) is 9.84 Å². The van der Waals surface area contributed by atoms with Crippen LogP contribution in [0.1, 0.15) is 77.9 Å². The molecular weight excluding hydrogens is 428 g/mol. The molecule has 2 rings (SSSR count). The van der Waals surface area contributed by atoms with Crippen LogP contribution >= 0.6 is 0 Å². The van der Waals surface area contributed by atoms with Gasteiger partial charge in [0.1, 0.15) is 5.75 Å². The number of aryl methyl sites for hydroxylation is 6. The fraction of sp³-hybridized carbons (Fsp3) is 0.517. The molecule has 188 valence electrons. The second-order valence-electron chi connectivity index (χ2n) is 10.0. The summed E-state index contributed by atoms with van der Waals surface area (Å²) in [5.74, 6) is -0.491. The number of aliphatic hydroxyl groups is 2. The molecule has 2 aromatic carbocycles. The molecule has 5 heteroatoms. The molecule has 0 aromatic heterocycles. The number of esters is 1. The lowest BCUT2D eigenvalue weighted by Gasteiger charge is -2.22. The van der Waals surface area contributed by atoms with E-state index in [9.17, 15) is 14.7 Å². The Balaban J connectivity index is 0.000000445. The van der Waals surface area contributed by atoms with Crippen LogP contribution in [-0.2, 0) is 4.79 Å². The zero-order chi connectivity index (χ0) is 26.3. The maximum atomic E-state index is 12.5. The number of rotatable bonds is 7. The van der Waals surface area contributed by atoms with E-state index < -0.39 is 17.9 Å². The predicted molar refractivity (Wildman–Crippen MR) is 138 cm³/mol. The quantitative estimate of drug-likeness (QED) is 0.233. The van der Waals surface area contributed by atoms with Crippen molar-refractivity contribution in [2.45, 2.75) is 87.9 Å². The van der Waals surface area contributed by atoms with Crippen LogP contribution in [0.3, 0.4) is 0 Å². The van der Waals surface area contributed by atoms with Gasteiger partial charge in [0.05, 0.1) is 12.2 Å². The van der Waals surface area contributed by atoms with Crippen molar-refractivity contribution in [3.05, 3.63) is 63.2 Å². The average molecular weight is 471 g/mol. The van der Waals surface area contributed by atoms with Crippen LogP contribution in [0.2, 0.25) is 0 Å². The highest BCUT2D eigenvalue weighted by molar-refractivity contribution is 6.41. The number of benzene rings is 2. The van der Waals surface area contributed by atoms with Crippen molar-refractivity contribution in [1.82, 2.24) is 0 Å². The zero-order valence-corrected chi connectivity index (χ0v) is 22.4. The first-order valence-corrected chi connectivity index (χ1v) is 11.9. The second-order valence-corrected chi connectivity index (χ2v) is 10.0. The number of hydrogen-bond acceptors (Lipinski definition) is 5. The Labute approximate surface area is 205 Å². The van der Waals surface area contributed by atoms with Crippen molar-refractivity contribution in [3.63, 3.8) is 0 Å². The van der Waals surface area contributed by atoms with Gasteiger partial charge in [0.2, 0.25) is 0 Å². The van der Waals surface area contributed by atoms with E-state index in [1.165, 1.54) is 0 Å². The number of carbonyl (C=O) groups is 2. The van der Waals surface area contributed by atoms with Crippen molar-refractivity contribution < 1.29 is 24.5 Å². The Morgan fingerprint density at radius 2 is 1.18 bits per heavy atom. The summed E-state index contributed by atoms with van der Waals surface area (Å²) >= 11 is 0. The number of aliphatic hydroxyl groups excluding tert-OH is 2. The highest BCUT2D eigenvalue weighted by Crippen LogP contribution is 2.26. The summed E-state index contributed by atoms with van der Waals surface area (Å²) in [7, 11) is 0. The van der Waals surface area contributed by atoms with Crippen LogP contribution in [0, 0.1) is 53.4 Å². The monoisotopic (exact) mass is 470 g/mol. The number of ether oxygens (including phenoxy) is 1. The minimum Gasteiger partial charge on any atom is -0.420 e. The van der Waals surface area contributed by atoms with Crippen LogP contribution < -0.4 is 4.74 Å². The molecular formula is C29H42O5. The van der Waals surface area contributed by atoms with E-state index in [-0.39, 0.29) is 12.0 Å². The Hall–Kier alpha value is -2.50. The lowest BCUT2D eigenvalue weighted by molar-refractivity contribution is -0.129. The van der Waals surface area contributed by atoms with E-state index in [1.807, 2.05) is 72.7 Å². The molecule has 0 fully saturated rings. The van der Waals surface area contributed by atoms with Crippen LogP contribution in [0.4, 0.5) is 0 Å². The smallest absolute Gasteiger partial charge is 0.385 e. The first-order chi connectivity index (χ1) is 15.6. The van der Waals surface area contributed by atoms with E-state index in [0.29, 0.717) is 17.2 Å². The molecule has 3 unspecified atom stereocenters. The van der Waals surface area contributed by atoms with Crippen molar-refractivity contribution in [2.75, 3.05) is 0 Å². The Kier molecular flexibility index (Phi) is 11.1. The van der Waals surface area contributed by atoms with Crippen LogP contribution in [0.25, 0.3) is 0 Å². The Morgan fingerprint density at radius 3 is 1.56 bits per heavy atom. The van der Waals surface area contributed by atoms with Gasteiger partial charge in [-0.05, 0) is 83.1 Å². The molecule has 0 aliphatic heterocycles. The fourth-order valence-corrected chi connectivity index (χ4v) is 4.13. The maximum Gasteiger partial charge on any atom is 0.385 e. The van der Waals surface area contributed by atoms with Crippen LogP contribution in [-0.4, -0.2) is 34.2 Å². The summed E-state index contributed by atoms with van der Waals surface area (Å²) in [6.45, 7) is 19.1. The largest absolute Gasteiger partial charge is 0.420 e. The zero-order valence-electron chi connectivity index (χ0n) is 22.4. The molecule has 0 saturated carbocycles. The predicted octanol–water partition coefficient (Wildman–Crippen LogP) is 5.74. The third kappa shape index (κ3) is 8.37. The Morgan fingerprint density at radius 1 is 0.765 bits per heavy atom. The van der Waals surface area contributed by atoms with Gasteiger partial charge in [-0.3, -0.25) is 4.79 Å². The molecule has 0 aliphatic rings. The van der Waals surface area contributed by atoms with Gasteiger partial charge in [0, 0.05) is 11.5 Å². The summed E-state index contributed by atoms with van der Waals surface area (Å²) in [5.41, 5.74) is 5.88. The van der Waals surface area contributed by atoms with E-state index in [0.717, 1.165) is 39.8 Å². The molecule has 0 aliphatic carbocycles. The standard InChI is InChI=1S/C20H22O3.C9H20O2/c1-11-7-13(3)17(14(4)8-11)18(21)20(22)23-19-15(5)9-12(2)10-16(19)6;1-6(2)5-9(11)7(3)8(4)10/h7-10H,1-6H3;6-11H,5H2,1-4H3. The minimum absolute atomic E-state index is 0.0163. The van der Waals surface area contributed by atoms with Crippen LogP contribution in [0.15, 0.2) is 24.3 Å². The number of ketones is 1. The molecule has 3 atom stereocenters. The maximum absolute atomic E-state index is 12.5. The van der Waals surface area contributed by atoms with E-state index in [2.05, 4.69) is 13.8 Å². The van der Waals surface area contributed by atoms with Gasteiger partial charge in [-0.1, -0.05) is 56.2 Å². The summed E-state index contributed by atoms with van der Waals surface area (Å²) in [6.07, 6.45) is -0.00903. The van der Waals surface area contributed by atoms with Gasteiger partial charge in [-0.15, -0.1) is 0 Å². The van der Waals surface area contributed by atoms with Gasteiger partial charge in [0.25, 0.3) is 5.78 Å². The third-order valence-electron chi connectivity index (χ3n) is 5.97. The SMILES string of the molecule is CC(C)CC(O)C(C)C(C)O.Cc1cc(C)c(OC(=O)C(=O)c2c(C)cc(C)cc2C)c(C)c1. The minimum atomic E-state index is -0.838. The normalized spacial score (nSPS) is 13.6. The average Bonchev–Trinajstić information content (AvgIpc) is 2.68. The van der Waals surface area contributed by atoms with Gasteiger partial charge >= 0.3 is 5.97 Å². The van der Waals surface area contributed by atoms with E-state index >= 15 is 0 Å². The van der Waals surface area contributed by atoms with E-state index in [1.54, 1.807) is 6.92 Å². The molecule has 34 heavy (non-hydrogen) atoms. The first-order valence-electron chi connectivity index (χ1n) is 11.9. The van der Waals surface area contributed by atoms with Crippen molar-refractivity contribution in [2.24, 2.45) is 11.8 Å². The number of Topliss-reactive ketones (excluding diaryl/α,β-unsaturated/α-hetero) is 1. The lowest BCUT2D eigenvalue weighted by atomic mass is 9.92. The highest BCUT2D eigenvalue weighted by atomic mass is 16.5. The third-order valence-corrected chi connectivity index (χ3v) is 5.97. The molecule has 0 radical (unpaired) electrons. The molecule has 0 heterocycles. The van der Waals surface area contributed by atoms with Gasteiger partial charge < -0.3 is 14.9 Å². The number of carbonyl (C=O) groups excluding carboxylic acids is 2.